The largest absolute Gasteiger partial charge is 0.481 e. The number of carboxylic acids is 2. The fraction of sp³-hybridized carbons (Fsp3) is 0.765. The summed E-state index contributed by atoms with van der Waals surface area (Å²) in [6, 6.07) is 0. The van der Waals surface area contributed by atoms with Crippen LogP contribution in [0.25, 0.3) is 0 Å². The number of hydrogen-bond donors (Lipinski definition) is 2. The molecule has 0 unspecified atom stereocenters. The van der Waals surface area contributed by atoms with Crippen LogP contribution >= 0.6 is 0 Å². The minimum Gasteiger partial charge on any atom is -0.481 e. The number of rotatable bonds is 29. The molecule has 8 heteroatoms. The van der Waals surface area contributed by atoms with Crippen molar-refractivity contribution in [3.8, 4) is 0 Å². The topological polar surface area (TPSA) is 127 Å². The van der Waals surface area contributed by atoms with Crippen LogP contribution in [0, 0.1) is 5.41 Å². The Bertz CT molecular complexity index is 768. The van der Waals surface area contributed by atoms with Gasteiger partial charge in [-0.05, 0) is 52.4 Å². The number of esters is 2. The Kier molecular flexibility index (Phi) is 23.3. The lowest BCUT2D eigenvalue weighted by Gasteiger charge is -2.30. The molecule has 8 nitrogen and oxygen atoms in total. The van der Waals surface area contributed by atoms with Crippen LogP contribution in [0.1, 0.15) is 149 Å². The zero-order valence-electron chi connectivity index (χ0n) is 26.5. The van der Waals surface area contributed by atoms with Gasteiger partial charge in [0.25, 0.3) is 0 Å². The van der Waals surface area contributed by atoms with Crippen molar-refractivity contribution < 1.29 is 38.9 Å². The van der Waals surface area contributed by atoms with Crippen LogP contribution in [0.5, 0.6) is 0 Å². The molecule has 0 aromatic heterocycles. The van der Waals surface area contributed by atoms with Crippen LogP contribution in [0.2, 0.25) is 0 Å². The van der Waals surface area contributed by atoms with Gasteiger partial charge < -0.3 is 19.7 Å². The van der Waals surface area contributed by atoms with Crippen molar-refractivity contribution in [1.82, 2.24) is 0 Å². The average Bonchev–Trinajstić information content (AvgIpc) is 2.93. The van der Waals surface area contributed by atoms with Crippen LogP contribution in [0.15, 0.2) is 24.3 Å². The molecule has 0 saturated carbocycles. The quantitative estimate of drug-likeness (QED) is 0.0501. The number of hydrogen-bond acceptors (Lipinski definition) is 6. The Hall–Kier alpha value is -2.64. The fourth-order valence-electron chi connectivity index (χ4n) is 5.10. The van der Waals surface area contributed by atoms with E-state index in [0.29, 0.717) is 50.0 Å². The van der Waals surface area contributed by atoms with E-state index in [4.69, 9.17) is 14.6 Å². The third-order valence-electron chi connectivity index (χ3n) is 7.76. The lowest BCUT2D eigenvalue weighted by molar-refractivity contribution is -0.151. The second-order valence-electron chi connectivity index (χ2n) is 11.8. The number of carbonyl (C=O) groups excluding carboxylic acids is 2. The van der Waals surface area contributed by atoms with Gasteiger partial charge in [-0.2, -0.15) is 0 Å². The van der Waals surface area contributed by atoms with E-state index in [1.165, 1.54) is 0 Å². The van der Waals surface area contributed by atoms with Gasteiger partial charge in [-0.15, -0.1) is 0 Å². The Morgan fingerprint density at radius 1 is 0.524 bits per heavy atom. The second-order valence-corrected chi connectivity index (χ2v) is 11.8. The van der Waals surface area contributed by atoms with Crippen LogP contribution in [-0.4, -0.2) is 47.3 Å². The molecule has 0 saturated heterocycles. The second kappa shape index (κ2) is 24.9. The highest BCUT2D eigenvalue weighted by atomic mass is 16.5. The molecule has 0 radical (unpaired) electrons. The van der Waals surface area contributed by atoms with Gasteiger partial charge in [-0.3, -0.25) is 9.59 Å². The van der Waals surface area contributed by atoms with Gasteiger partial charge in [0.2, 0.25) is 0 Å². The molecule has 0 aliphatic carbocycles. The predicted molar refractivity (Wildman–Crippen MR) is 166 cm³/mol. The van der Waals surface area contributed by atoms with Crippen molar-refractivity contribution in [2.24, 2.45) is 5.41 Å². The maximum Gasteiger partial charge on any atom is 0.333 e. The Morgan fingerprint density at radius 2 is 0.833 bits per heavy atom. The molecule has 0 aliphatic heterocycles. The molecular weight excluding hydrogens is 536 g/mol. The first-order chi connectivity index (χ1) is 20.0. The fourth-order valence-corrected chi connectivity index (χ4v) is 5.10. The summed E-state index contributed by atoms with van der Waals surface area (Å²) in [7, 11) is 0. The highest BCUT2D eigenvalue weighted by molar-refractivity contribution is 5.87. The number of ether oxygens (including phenoxy) is 2. The van der Waals surface area contributed by atoms with Gasteiger partial charge in [0, 0.05) is 17.6 Å². The van der Waals surface area contributed by atoms with Gasteiger partial charge in [-0.25, -0.2) is 9.59 Å². The summed E-state index contributed by atoms with van der Waals surface area (Å²) in [4.78, 5) is 46.2. The van der Waals surface area contributed by atoms with Crippen LogP contribution in [0.4, 0.5) is 0 Å². The highest BCUT2D eigenvalue weighted by Crippen LogP contribution is 2.37. The first kappa shape index (κ1) is 39.4. The summed E-state index contributed by atoms with van der Waals surface area (Å²) in [5.74, 6) is -2.33. The normalized spacial score (nSPS) is 11.2. The SMILES string of the molecule is C=C(C)C(=O)OCCCCCCCCCCC(CCCCCCCCCCOC(=O)C(=C)C)(CCCC(=O)O)C(=O)O. The third-order valence-corrected chi connectivity index (χ3v) is 7.76. The standard InChI is InChI=1S/C34H58O8/c1-28(2)31(37)41-26-19-15-11-7-5-9-13-17-23-34(33(39)40,25-21-22-30(35)36)24-18-14-10-6-8-12-16-20-27-42-32(38)29(3)4/h1,3,5-27H2,2,4H3,(H,35,36)(H,39,40). The number of unbranched alkanes of at least 4 members (excludes halogenated alkanes) is 14. The van der Waals surface area contributed by atoms with Crippen molar-refractivity contribution in [1.29, 1.82) is 0 Å². The van der Waals surface area contributed by atoms with Crippen molar-refractivity contribution in [2.75, 3.05) is 13.2 Å². The van der Waals surface area contributed by atoms with Gasteiger partial charge >= 0.3 is 23.9 Å². The molecule has 242 valence electrons. The molecule has 0 aromatic rings. The molecule has 0 heterocycles. The van der Waals surface area contributed by atoms with Gasteiger partial charge in [-0.1, -0.05) is 103 Å². The summed E-state index contributed by atoms with van der Waals surface area (Å²) >= 11 is 0. The Morgan fingerprint density at radius 3 is 1.14 bits per heavy atom. The monoisotopic (exact) mass is 594 g/mol. The lowest BCUT2D eigenvalue weighted by atomic mass is 9.74. The van der Waals surface area contributed by atoms with E-state index in [9.17, 15) is 24.3 Å². The number of aliphatic carboxylic acids is 2. The molecule has 42 heavy (non-hydrogen) atoms. The van der Waals surface area contributed by atoms with E-state index in [2.05, 4.69) is 13.2 Å². The van der Waals surface area contributed by atoms with E-state index in [-0.39, 0.29) is 18.4 Å². The lowest BCUT2D eigenvalue weighted by Crippen LogP contribution is -2.31. The minimum atomic E-state index is -0.878. The van der Waals surface area contributed by atoms with E-state index in [1.807, 2.05) is 0 Å². The van der Waals surface area contributed by atoms with Crippen molar-refractivity contribution in [2.45, 2.75) is 149 Å². The van der Waals surface area contributed by atoms with Crippen LogP contribution in [0.3, 0.4) is 0 Å². The zero-order valence-corrected chi connectivity index (χ0v) is 26.5. The molecule has 0 bridgehead atoms. The summed E-state index contributed by atoms with van der Waals surface area (Å²) in [5, 5.41) is 19.3. The van der Waals surface area contributed by atoms with Crippen molar-refractivity contribution >= 4 is 23.9 Å². The molecule has 0 atom stereocenters. The Balaban J connectivity index is 4.24. The predicted octanol–water partition coefficient (Wildman–Crippen LogP) is 8.57. The van der Waals surface area contributed by atoms with E-state index >= 15 is 0 Å². The first-order valence-corrected chi connectivity index (χ1v) is 16.1. The van der Waals surface area contributed by atoms with Crippen molar-refractivity contribution in [3.05, 3.63) is 24.3 Å². The van der Waals surface area contributed by atoms with E-state index < -0.39 is 17.4 Å². The molecule has 0 aliphatic rings. The smallest absolute Gasteiger partial charge is 0.333 e. The van der Waals surface area contributed by atoms with Crippen LogP contribution < -0.4 is 0 Å². The van der Waals surface area contributed by atoms with E-state index in [1.54, 1.807) is 13.8 Å². The summed E-state index contributed by atoms with van der Waals surface area (Å²) in [6.07, 6.45) is 18.1. The molecule has 0 fully saturated rings. The number of carboxylic acid groups (broad SMARTS) is 2. The summed E-state index contributed by atoms with van der Waals surface area (Å²) < 4.78 is 10.2. The molecule has 0 spiro atoms. The maximum atomic E-state index is 12.4. The molecular formula is C34H58O8. The maximum absolute atomic E-state index is 12.4. The molecule has 0 amide bonds. The molecule has 0 aromatic carbocycles. The summed E-state index contributed by atoms with van der Waals surface area (Å²) in [5.41, 5.74) is 0.00566. The molecule has 0 rings (SSSR count). The Labute approximate surface area is 254 Å². The zero-order chi connectivity index (χ0) is 31.6. The molecule has 2 N–H and O–H groups in total. The van der Waals surface area contributed by atoms with Crippen molar-refractivity contribution in [3.63, 3.8) is 0 Å². The van der Waals surface area contributed by atoms with E-state index in [0.717, 1.165) is 103 Å². The third kappa shape index (κ3) is 21.1. The number of carbonyl (C=O) groups is 4. The van der Waals surface area contributed by atoms with Gasteiger partial charge in [0.05, 0.1) is 18.6 Å². The minimum absolute atomic E-state index is 0.00776. The summed E-state index contributed by atoms with van der Waals surface area (Å²) in [6.45, 7) is 11.3. The van der Waals surface area contributed by atoms with Gasteiger partial charge in [0.15, 0.2) is 0 Å². The average molecular weight is 595 g/mol. The first-order valence-electron chi connectivity index (χ1n) is 16.1. The van der Waals surface area contributed by atoms with Crippen LogP contribution in [-0.2, 0) is 28.7 Å². The van der Waals surface area contributed by atoms with Gasteiger partial charge in [0.1, 0.15) is 0 Å². The highest BCUT2D eigenvalue weighted by Gasteiger charge is 2.36.